The van der Waals surface area contributed by atoms with E-state index in [2.05, 4.69) is 29.0 Å². The SMILES string of the molecule is Cc1nc(C(C)NC(=O)C2(N3CCCCC3)CCCCC2)c(C)s1. The molecule has 1 aromatic rings. The molecule has 1 aromatic heterocycles. The Kier molecular flexibility index (Phi) is 5.60. The van der Waals surface area contributed by atoms with Gasteiger partial charge in [-0.2, -0.15) is 0 Å². The highest BCUT2D eigenvalue weighted by Crippen LogP contribution is 2.36. The van der Waals surface area contributed by atoms with E-state index in [0.29, 0.717) is 0 Å². The van der Waals surface area contributed by atoms with E-state index in [4.69, 9.17) is 0 Å². The van der Waals surface area contributed by atoms with E-state index in [-0.39, 0.29) is 17.5 Å². The van der Waals surface area contributed by atoms with Gasteiger partial charge in [-0.3, -0.25) is 9.69 Å². The van der Waals surface area contributed by atoms with Gasteiger partial charge < -0.3 is 5.32 Å². The molecule has 24 heavy (non-hydrogen) atoms. The van der Waals surface area contributed by atoms with Crippen LogP contribution in [0.15, 0.2) is 0 Å². The summed E-state index contributed by atoms with van der Waals surface area (Å²) in [5.41, 5.74) is 0.766. The molecule has 0 aromatic carbocycles. The number of piperidine rings is 1. The molecular weight excluding hydrogens is 318 g/mol. The van der Waals surface area contributed by atoms with Gasteiger partial charge in [0.1, 0.15) is 5.54 Å². The third-order valence-corrected chi connectivity index (χ3v) is 6.66. The van der Waals surface area contributed by atoms with Crippen molar-refractivity contribution in [1.29, 1.82) is 0 Å². The minimum atomic E-state index is -0.272. The van der Waals surface area contributed by atoms with Crippen LogP contribution in [0.1, 0.15) is 79.9 Å². The molecule has 2 aliphatic rings. The molecule has 1 saturated carbocycles. The summed E-state index contributed by atoms with van der Waals surface area (Å²) in [7, 11) is 0. The molecule has 3 rings (SSSR count). The summed E-state index contributed by atoms with van der Waals surface area (Å²) in [6.45, 7) is 8.37. The van der Waals surface area contributed by atoms with Crippen LogP contribution in [0.4, 0.5) is 0 Å². The van der Waals surface area contributed by atoms with E-state index >= 15 is 0 Å². The topological polar surface area (TPSA) is 45.2 Å². The number of likely N-dealkylation sites (tertiary alicyclic amines) is 1. The third kappa shape index (κ3) is 3.52. The molecule has 1 atom stereocenters. The van der Waals surface area contributed by atoms with Gasteiger partial charge in [-0.1, -0.05) is 25.7 Å². The number of amides is 1. The van der Waals surface area contributed by atoms with Crippen LogP contribution in [0.2, 0.25) is 0 Å². The van der Waals surface area contributed by atoms with E-state index in [1.165, 1.54) is 43.4 Å². The lowest BCUT2D eigenvalue weighted by Crippen LogP contribution is -2.61. The standard InChI is InChI=1S/C19H31N3OS/c1-14(17-15(2)24-16(3)21-17)20-18(23)19(10-6-4-7-11-19)22-12-8-5-9-13-22/h14H,4-13H2,1-3H3,(H,20,23). The van der Waals surface area contributed by atoms with Gasteiger partial charge in [-0.25, -0.2) is 4.98 Å². The molecule has 1 saturated heterocycles. The maximum absolute atomic E-state index is 13.3. The number of thiazole rings is 1. The Bertz CT molecular complexity index is 571. The number of hydrogen-bond donors (Lipinski definition) is 1. The summed E-state index contributed by atoms with van der Waals surface area (Å²) < 4.78 is 0. The number of carbonyl (C=O) groups is 1. The monoisotopic (exact) mass is 349 g/mol. The smallest absolute Gasteiger partial charge is 0.241 e. The number of nitrogens with one attached hydrogen (secondary N) is 1. The summed E-state index contributed by atoms with van der Waals surface area (Å²) in [6.07, 6.45) is 9.41. The molecule has 0 bridgehead atoms. The highest BCUT2D eigenvalue weighted by atomic mass is 32.1. The Labute approximate surface area is 150 Å². The van der Waals surface area contributed by atoms with Gasteiger partial charge in [0.25, 0.3) is 0 Å². The van der Waals surface area contributed by atoms with E-state index in [1.54, 1.807) is 11.3 Å². The minimum absolute atomic E-state index is 0.00829. The zero-order chi connectivity index (χ0) is 17.2. The minimum Gasteiger partial charge on any atom is -0.346 e. The zero-order valence-electron chi connectivity index (χ0n) is 15.4. The van der Waals surface area contributed by atoms with Gasteiger partial charge in [-0.15, -0.1) is 11.3 Å². The van der Waals surface area contributed by atoms with Crippen molar-refractivity contribution in [3.8, 4) is 0 Å². The van der Waals surface area contributed by atoms with Gasteiger partial charge in [-0.05, 0) is 59.5 Å². The Morgan fingerprint density at radius 2 is 1.75 bits per heavy atom. The molecule has 4 nitrogen and oxygen atoms in total. The molecule has 1 amide bonds. The summed E-state index contributed by atoms with van der Waals surface area (Å²) in [4.78, 5) is 21.7. The highest BCUT2D eigenvalue weighted by molar-refractivity contribution is 7.11. The third-order valence-electron chi connectivity index (χ3n) is 5.76. The molecule has 1 aliphatic carbocycles. The second-order valence-electron chi connectivity index (χ2n) is 7.51. The normalized spacial score (nSPS) is 23.0. The van der Waals surface area contributed by atoms with E-state index < -0.39 is 0 Å². The fourth-order valence-electron chi connectivity index (χ4n) is 4.49. The molecule has 134 valence electrons. The van der Waals surface area contributed by atoms with Gasteiger partial charge >= 0.3 is 0 Å². The molecule has 1 unspecified atom stereocenters. The Balaban J connectivity index is 1.77. The summed E-state index contributed by atoms with van der Waals surface area (Å²) in [6, 6.07) is -0.00829. The first-order valence-corrected chi connectivity index (χ1v) is 10.3. The zero-order valence-corrected chi connectivity index (χ0v) is 16.2. The maximum Gasteiger partial charge on any atom is 0.241 e. The first-order valence-electron chi connectivity index (χ1n) is 9.53. The van der Waals surface area contributed by atoms with E-state index in [1.807, 2.05) is 6.92 Å². The lowest BCUT2D eigenvalue weighted by Gasteiger charge is -2.47. The van der Waals surface area contributed by atoms with Gasteiger partial charge in [0.05, 0.1) is 16.7 Å². The average Bonchev–Trinajstić information content (AvgIpc) is 2.94. The van der Waals surface area contributed by atoms with Crippen LogP contribution in [-0.2, 0) is 4.79 Å². The first-order chi connectivity index (χ1) is 11.5. The highest BCUT2D eigenvalue weighted by Gasteiger charge is 2.45. The average molecular weight is 350 g/mol. The van der Waals surface area contributed by atoms with Crippen molar-refractivity contribution in [3.63, 3.8) is 0 Å². The van der Waals surface area contributed by atoms with Crippen molar-refractivity contribution in [2.24, 2.45) is 0 Å². The Morgan fingerprint density at radius 3 is 2.33 bits per heavy atom. The van der Waals surface area contributed by atoms with Crippen LogP contribution in [0.3, 0.4) is 0 Å². The molecule has 0 radical (unpaired) electrons. The molecule has 5 heteroatoms. The predicted octanol–water partition coefficient (Wildman–Crippen LogP) is 4.13. The summed E-state index contributed by atoms with van der Waals surface area (Å²) in [5.74, 6) is 0.238. The number of nitrogens with zero attached hydrogens (tertiary/aromatic N) is 2. The van der Waals surface area contributed by atoms with Crippen molar-refractivity contribution in [2.75, 3.05) is 13.1 Å². The second-order valence-corrected chi connectivity index (χ2v) is 8.92. The number of aryl methyl sites for hydroxylation is 2. The first kappa shape index (κ1) is 17.9. The maximum atomic E-state index is 13.3. The lowest BCUT2D eigenvalue weighted by atomic mass is 9.78. The number of hydrogen-bond acceptors (Lipinski definition) is 4. The van der Waals surface area contributed by atoms with E-state index in [0.717, 1.165) is 36.6 Å². The van der Waals surface area contributed by atoms with Crippen molar-refractivity contribution >= 4 is 17.2 Å². The Hall–Kier alpha value is -0.940. The number of carbonyl (C=O) groups excluding carboxylic acids is 1. The Morgan fingerprint density at radius 1 is 1.12 bits per heavy atom. The molecule has 1 N–H and O–H groups in total. The van der Waals surface area contributed by atoms with Gasteiger partial charge in [0.2, 0.25) is 5.91 Å². The quantitative estimate of drug-likeness (QED) is 0.889. The van der Waals surface area contributed by atoms with Crippen LogP contribution in [0.25, 0.3) is 0 Å². The summed E-state index contributed by atoms with van der Waals surface area (Å²) in [5, 5.41) is 4.40. The van der Waals surface area contributed by atoms with Crippen LogP contribution in [0, 0.1) is 13.8 Å². The van der Waals surface area contributed by atoms with Gasteiger partial charge in [0, 0.05) is 4.88 Å². The van der Waals surface area contributed by atoms with Crippen LogP contribution in [-0.4, -0.2) is 34.4 Å². The second kappa shape index (κ2) is 7.52. The largest absolute Gasteiger partial charge is 0.346 e. The van der Waals surface area contributed by atoms with Crippen molar-refractivity contribution in [1.82, 2.24) is 15.2 Å². The molecule has 2 heterocycles. The number of aromatic nitrogens is 1. The van der Waals surface area contributed by atoms with E-state index in [9.17, 15) is 4.79 Å². The van der Waals surface area contributed by atoms with Crippen LogP contribution < -0.4 is 5.32 Å². The number of rotatable bonds is 4. The van der Waals surface area contributed by atoms with Crippen molar-refractivity contribution in [2.45, 2.75) is 83.7 Å². The fourth-order valence-corrected chi connectivity index (χ4v) is 5.41. The van der Waals surface area contributed by atoms with Crippen molar-refractivity contribution in [3.05, 3.63) is 15.6 Å². The van der Waals surface area contributed by atoms with Crippen LogP contribution >= 0.6 is 11.3 Å². The molecule has 1 aliphatic heterocycles. The molecule has 2 fully saturated rings. The lowest BCUT2D eigenvalue weighted by molar-refractivity contribution is -0.137. The fraction of sp³-hybridized carbons (Fsp3) is 0.789. The molecular formula is C19H31N3OS. The summed E-state index contributed by atoms with van der Waals surface area (Å²) >= 11 is 1.71. The molecule has 0 spiro atoms. The van der Waals surface area contributed by atoms with Gasteiger partial charge in [0.15, 0.2) is 0 Å². The van der Waals surface area contributed by atoms with Crippen LogP contribution in [0.5, 0.6) is 0 Å². The predicted molar refractivity (Wildman–Crippen MR) is 99.4 cm³/mol. The van der Waals surface area contributed by atoms with Crippen molar-refractivity contribution < 1.29 is 4.79 Å².